The standard InChI is InChI=1S/C34H29FN6.C2H2/c1-22(13-23-7-4-3-5-8-23)39-29-16-27(18-37-19-29)24-11-12-31(36-2)26(14-24)17-33-40-32-21-38-20-30(34(32)41-33)25-9-6-10-28(35)15-25;1-2/h3-12,14-16,18-21,36,39H,1,13,17H2,2H3,(H,40,41);1-2H. The smallest absolute Gasteiger partial charge is 0.123 e. The predicted molar refractivity (Wildman–Crippen MR) is 174 cm³/mol. The fourth-order valence-electron chi connectivity index (χ4n) is 5.04. The number of fused-ring (bicyclic) bond motifs is 1. The van der Waals surface area contributed by atoms with Crippen LogP contribution in [0.2, 0.25) is 0 Å². The van der Waals surface area contributed by atoms with Crippen LogP contribution in [0, 0.1) is 18.7 Å². The highest BCUT2D eigenvalue weighted by molar-refractivity contribution is 5.91. The lowest BCUT2D eigenvalue weighted by molar-refractivity contribution is 0.628. The quantitative estimate of drug-likeness (QED) is 0.155. The topological polar surface area (TPSA) is 78.5 Å². The molecule has 212 valence electrons. The molecule has 0 fully saturated rings. The first-order valence-corrected chi connectivity index (χ1v) is 13.7. The monoisotopic (exact) mass is 566 g/mol. The molecule has 0 aliphatic rings. The van der Waals surface area contributed by atoms with Crippen molar-refractivity contribution in [2.45, 2.75) is 12.8 Å². The van der Waals surface area contributed by atoms with Crippen molar-refractivity contribution in [1.82, 2.24) is 19.9 Å². The number of aromatic amines is 1. The Morgan fingerprint density at radius 1 is 0.860 bits per heavy atom. The number of anilines is 2. The molecule has 0 bridgehead atoms. The molecule has 0 radical (unpaired) electrons. The van der Waals surface area contributed by atoms with E-state index in [1.807, 2.05) is 37.5 Å². The molecule has 0 saturated carbocycles. The summed E-state index contributed by atoms with van der Waals surface area (Å²) < 4.78 is 13.9. The van der Waals surface area contributed by atoms with E-state index in [0.29, 0.717) is 6.42 Å². The van der Waals surface area contributed by atoms with Crippen molar-refractivity contribution in [1.29, 1.82) is 0 Å². The van der Waals surface area contributed by atoms with Crippen molar-refractivity contribution in [3.8, 4) is 35.1 Å². The third-order valence-corrected chi connectivity index (χ3v) is 6.96. The molecular formula is C36H31FN6. The van der Waals surface area contributed by atoms with E-state index in [0.717, 1.165) is 68.2 Å². The molecule has 0 atom stereocenters. The van der Waals surface area contributed by atoms with Crippen molar-refractivity contribution in [3.05, 3.63) is 139 Å². The summed E-state index contributed by atoms with van der Waals surface area (Å²) in [5, 5.41) is 6.70. The van der Waals surface area contributed by atoms with Crippen LogP contribution in [0.4, 0.5) is 15.8 Å². The van der Waals surface area contributed by atoms with Crippen LogP contribution in [0.3, 0.4) is 0 Å². The fraction of sp³-hybridized carbons (Fsp3) is 0.0833. The van der Waals surface area contributed by atoms with Gasteiger partial charge in [0, 0.05) is 54.8 Å². The zero-order chi connectivity index (χ0) is 30.2. The first-order chi connectivity index (χ1) is 21.1. The van der Waals surface area contributed by atoms with E-state index in [4.69, 9.17) is 4.98 Å². The molecule has 43 heavy (non-hydrogen) atoms. The van der Waals surface area contributed by atoms with E-state index in [2.05, 4.69) is 81.4 Å². The first-order valence-electron chi connectivity index (χ1n) is 13.7. The number of benzene rings is 3. The molecule has 0 amide bonds. The highest BCUT2D eigenvalue weighted by Crippen LogP contribution is 2.30. The number of hydrogen-bond acceptors (Lipinski definition) is 5. The van der Waals surface area contributed by atoms with Crippen LogP contribution in [-0.2, 0) is 12.8 Å². The lowest BCUT2D eigenvalue weighted by Gasteiger charge is -2.13. The number of imidazole rings is 1. The lowest BCUT2D eigenvalue weighted by Crippen LogP contribution is -2.02. The molecule has 0 unspecified atom stereocenters. The molecule has 6 nitrogen and oxygen atoms in total. The van der Waals surface area contributed by atoms with E-state index in [9.17, 15) is 4.39 Å². The third kappa shape index (κ3) is 6.77. The van der Waals surface area contributed by atoms with Gasteiger partial charge in [-0.15, -0.1) is 12.8 Å². The van der Waals surface area contributed by atoms with Crippen LogP contribution < -0.4 is 10.6 Å². The molecule has 3 aromatic heterocycles. The number of aromatic nitrogens is 4. The third-order valence-electron chi connectivity index (χ3n) is 6.96. The summed E-state index contributed by atoms with van der Waals surface area (Å²) in [6, 6.07) is 25.1. The molecule has 0 saturated heterocycles. The summed E-state index contributed by atoms with van der Waals surface area (Å²) in [5.74, 6) is 0.505. The number of rotatable bonds is 9. The Morgan fingerprint density at radius 2 is 1.67 bits per heavy atom. The van der Waals surface area contributed by atoms with Gasteiger partial charge in [0.1, 0.15) is 11.6 Å². The van der Waals surface area contributed by atoms with E-state index in [1.165, 1.54) is 17.7 Å². The van der Waals surface area contributed by atoms with Crippen molar-refractivity contribution in [3.63, 3.8) is 0 Å². The van der Waals surface area contributed by atoms with E-state index >= 15 is 0 Å². The Morgan fingerprint density at radius 3 is 2.47 bits per heavy atom. The van der Waals surface area contributed by atoms with Gasteiger partial charge in [0.15, 0.2) is 0 Å². The number of hydrogen-bond donors (Lipinski definition) is 3. The summed E-state index contributed by atoms with van der Waals surface area (Å²) in [6.07, 6.45) is 16.5. The van der Waals surface area contributed by atoms with Crippen LogP contribution in [-0.4, -0.2) is 27.0 Å². The zero-order valence-electron chi connectivity index (χ0n) is 23.8. The van der Waals surface area contributed by atoms with Crippen molar-refractivity contribution in [2.24, 2.45) is 0 Å². The Balaban J connectivity index is 0.00000180. The molecular weight excluding hydrogens is 535 g/mol. The van der Waals surface area contributed by atoms with E-state index < -0.39 is 0 Å². The summed E-state index contributed by atoms with van der Waals surface area (Å²) >= 11 is 0. The van der Waals surface area contributed by atoms with Crippen molar-refractivity contribution < 1.29 is 4.39 Å². The maximum Gasteiger partial charge on any atom is 0.123 e. The maximum absolute atomic E-state index is 13.9. The van der Waals surface area contributed by atoms with Gasteiger partial charge < -0.3 is 15.6 Å². The van der Waals surface area contributed by atoms with Gasteiger partial charge in [0.2, 0.25) is 0 Å². The zero-order valence-corrected chi connectivity index (χ0v) is 23.8. The molecule has 6 aromatic rings. The van der Waals surface area contributed by atoms with Crippen molar-refractivity contribution >= 4 is 22.4 Å². The largest absolute Gasteiger partial charge is 0.388 e. The number of halogens is 1. The number of pyridine rings is 2. The number of allylic oxidation sites excluding steroid dienone is 1. The Bertz CT molecular complexity index is 1890. The Kier molecular flexibility index (Phi) is 8.89. The lowest BCUT2D eigenvalue weighted by atomic mass is 10.0. The van der Waals surface area contributed by atoms with Gasteiger partial charge in [-0.2, -0.15) is 0 Å². The van der Waals surface area contributed by atoms with Gasteiger partial charge in [0.25, 0.3) is 0 Å². The number of H-pyrrole nitrogens is 1. The van der Waals surface area contributed by atoms with Gasteiger partial charge in [-0.05, 0) is 52.6 Å². The van der Waals surface area contributed by atoms with Crippen LogP contribution in [0.15, 0.2) is 116 Å². The second-order valence-corrected chi connectivity index (χ2v) is 9.93. The minimum Gasteiger partial charge on any atom is -0.388 e. The fourth-order valence-corrected chi connectivity index (χ4v) is 5.04. The number of nitrogens with one attached hydrogen (secondary N) is 3. The molecule has 0 aliphatic heterocycles. The summed E-state index contributed by atoms with van der Waals surface area (Å²) in [5.41, 5.74) is 10.2. The van der Waals surface area contributed by atoms with Gasteiger partial charge in [-0.1, -0.05) is 55.1 Å². The van der Waals surface area contributed by atoms with Crippen LogP contribution in [0.5, 0.6) is 0 Å². The summed E-state index contributed by atoms with van der Waals surface area (Å²) in [4.78, 5) is 17.1. The Hall–Kier alpha value is -5.74. The highest BCUT2D eigenvalue weighted by atomic mass is 19.1. The molecule has 3 N–H and O–H groups in total. The second-order valence-electron chi connectivity index (χ2n) is 9.93. The Labute approximate surface area is 250 Å². The van der Waals surface area contributed by atoms with E-state index in [-0.39, 0.29) is 5.82 Å². The molecule has 0 aliphatic carbocycles. The highest BCUT2D eigenvalue weighted by Gasteiger charge is 2.13. The van der Waals surface area contributed by atoms with Gasteiger partial charge in [-0.25, -0.2) is 9.37 Å². The molecule has 7 heteroatoms. The second kappa shape index (κ2) is 13.3. The summed E-state index contributed by atoms with van der Waals surface area (Å²) in [6.45, 7) is 4.20. The van der Waals surface area contributed by atoms with Crippen LogP contribution in [0.25, 0.3) is 33.3 Å². The molecule has 3 heterocycles. The predicted octanol–water partition coefficient (Wildman–Crippen LogP) is 7.88. The average Bonchev–Trinajstić information content (AvgIpc) is 3.45. The molecule has 6 rings (SSSR count). The minimum atomic E-state index is -0.292. The van der Waals surface area contributed by atoms with E-state index in [1.54, 1.807) is 24.7 Å². The van der Waals surface area contributed by atoms with Crippen LogP contribution in [0.1, 0.15) is 17.0 Å². The minimum absolute atomic E-state index is 0.292. The van der Waals surface area contributed by atoms with Gasteiger partial charge in [0.05, 0.1) is 29.1 Å². The SMILES string of the molecule is C#C.C=C(Cc1ccccc1)Nc1cncc(-c2ccc(NC)c(Cc3nc4c(-c5cccc(F)c5)cncc4[nH]3)c2)c1. The maximum atomic E-state index is 13.9. The number of nitrogens with zero attached hydrogens (tertiary/aromatic N) is 3. The van der Waals surface area contributed by atoms with Crippen molar-refractivity contribution in [2.75, 3.05) is 17.7 Å². The number of terminal acetylenes is 1. The van der Waals surface area contributed by atoms with Gasteiger partial charge >= 0.3 is 0 Å². The molecule has 3 aromatic carbocycles. The normalized spacial score (nSPS) is 10.5. The average molecular weight is 567 g/mol. The molecule has 0 spiro atoms. The van der Waals surface area contributed by atoms with Gasteiger partial charge in [-0.3, -0.25) is 9.97 Å². The van der Waals surface area contributed by atoms with Crippen LogP contribution >= 0.6 is 0 Å². The first kappa shape index (κ1) is 28.8. The summed E-state index contributed by atoms with van der Waals surface area (Å²) in [7, 11) is 1.91.